The molecule has 1 N–H and O–H groups in total. The van der Waals surface area contributed by atoms with Crippen LogP contribution < -0.4 is 0 Å². The maximum Gasteiger partial charge on any atom is 0.295 e. The van der Waals surface area contributed by atoms with Crippen LogP contribution in [0.15, 0.2) is 54.2 Å². The third-order valence-corrected chi connectivity index (χ3v) is 6.62. The van der Waals surface area contributed by atoms with E-state index in [0.717, 1.165) is 24.2 Å². The van der Waals surface area contributed by atoms with Gasteiger partial charge in [0.15, 0.2) is 5.76 Å². The molecule has 8 nitrogen and oxygen atoms in total. The quantitative estimate of drug-likeness (QED) is 0.358. The zero-order valence-corrected chi connectivity index (χ0v) is 19.4. The molecule has 0 aliphatic carbocycles. The molecule has 2 aromatic heterocycles. The second-order valence-corrected chi connectivity index (χ2v) is 8.83. The highest BCUT2D eigenvalue weighted by Gasteiger charge is 2.46. The number of morpholine rings is 1. The van der Waals surface area contributed by atoms with E-state index in [-0.39, 0.29) is 11.3 Å². The molecule has 4 heterocycles. The van der Waals surface area contributed by atoms with E-state index in [1.165, 1.54) is 0 Å². The standard InChI is InChI=1S/C26H28N4O4/c1-17-6-8-19(9-7-17)23-21(24(31)22-18(2)27-20-5-3-4-10-29(20)22)25(32)26(33)30(23)12-11-28-13-15-34-16-14-28/h3-10,23,31H,11-16H2,1-2H3/b24-21+/t23-/m1/s1. The van der Waals surface area contributed by atoms with Gasteiger partial charge in [0.2, 0.25) is 0 Å². The highest BCUT2D eigenvalue weighted by molar-refractivity contribution is 6.46. The number of hydrogen-bond donors (Lipinski definition) is 1. The minimum Gasteiger partial charge on any atom is -0.505 e. The number of aliphatic hydroxyl groups is 1. The van der Waals surface area contributed by atoms with Crippen LogP contribution in [0.25, 0.3) is 11.4 Å². The van der Waals surface area contributed by atoms with Crippen molar-refractivity contribution in [2.45, 2.75) is 19.9 Å². The van der Waals surface area contributed by atoms with Crippen molar-refractivity contribution >= 4 is 23.1 Å². The Morgan fingerprint density at radius 2 is 1.79 bits per heavy atom. The Kier molecular flexibility index (Phi) is 5.93. The SMILES string of the molecule is Cc1ccc([C@@H]2/C(=C(\O)c3c(C)nc4ccccn34)C(=O)C(=O)N2CCN2CCOCC2)cc1. The summed E-state index contributed by atoms with van der Waals surface area (Å²) in [7, 11) is 0. The molecule has 8 heteroatoms. The summed E-state index contributed by atoms with van der Waals surface area (Å²) >= 11 is 0. The second-order valence-electron chi connectivity index (χ2n) is 8.83. The summed E-state index contributed by atoms with van der Waals surface area (Å²) in [6, 6.07) is 12.6. The average Bonchev–Trinajstić information content (AvgIpc) is 3.31. The number of carbonyl (C=O) groups excluding carboxylic acids is 2. The number of fused-ring (bicyclic) bond motifs is 1. The van der Waals surface area contributed by atoms with Crippen LogP contribution in [0.2, 0.25) is 0 Å². The number of likely N-dealkylation sites (tertiary alicyclic amines) is 1. The summed E-state index contributed by atoms with van der Waals surface area (Å²) in [5, 5.41) is 11.5. The average molecular weight is 461 g/mol. The van der Waals surface area contributed by atoms with Gasteiger partial charge < -0.3 is 14.7 Å². The molecule has 1 amide bonds. The number of nitrogens with zero attached hydrogens (tertiary/aromatic N) is 4. The molecule has 0 spiro atoms. The molecule has 2 aliphatic heterocycles. The van der Waals surface area contributed by atoms with Gasteiger partial charge in [0, 0.05) is 32.4 Å². The van der Waals surface area contributed by atoms with Crippen LogP contribution in [-0.4, -0.2) is 75.4 Å². The molecule has 0 unspecified atom stereocenters. The van der Waals surface area contributed by atoms with E-state index >= 15 is 0 Å². The number of ketones is 1. The highest BCUT2D eigenvalue weighted by Crippen LogP contribution is 2.40. The van der Waals surface area contributed by atoms with E-state index < -0.39 is 17.7 Å². The Labute approximate surface area is 198 Å². The van der Waals surface area contributed by atoms with Crippen molar-refractivity contribution in [3.63, 3.8) is 0 Å². The van der Waals surface area contributed by atoms with Crippen LogP contribution in [-0.2, 0) is 14.3 Å². The third kappa shape index (κ3) is 3.89. The fraction of sp³-hybridized carbons (Fsp3) is 0.346. The summed E-state index contributed by atoms with van der Waals surface area (Å²) in [5.74, 6) is -1.46. The summed E-state index contributed by atoms with van der Waals surface area (Å²) in [5.41, 5.74) is 3.65. The number of amides is 1. The lowest BCUT2D eigenvalue weighted by molar-refractivity contribution is -0.140. The summed E-state index contributed by atoms with van der Waals surface area (Å²) in [6.45, 7) is 7.69. The first-order valence-electron chi connectivity index (χ1n) is 11.5. The van der Waals surface area contributed by atoms with Gasteiger partial charge in [0.05, 0.1) is 30.5 Å². The number of imidazole rings is 1. The van der Waals surface area contributed by atoms with Crippen LogP contribution in [0, 0.1) is 13.8 Å². The lowest BCUT2D eigenvalue weighted by Gasteiger charge is -2.31. The molecule has 3 aromatic rings. The van der Waals surface area contributed by atoms with Crippen molar-refractivity contribution < 1.29 is 19.4 Å². The molecule has 2 saturated heterocycles. The Morgan fingerprint density at radius 1 is 1.06 bits per heavy atom. The number of rotatable bonds is 5. The van der Waals surface area contributed by atoms with E-state index in [2.05, 4.69) is 9.88 Å². The van der Waals surface area contributed by atoms with Gasteiger partial charge in [-0.2, -0.15) is 0 Å². The smallest absolute Gasteiger partial charge is 0.295 e. The molecule has 0 bridgehead atoms. The van der Waals surface area contributed by atoms with Crippen molar-refractivity contribution in [1.29, 1.82) is 0 Å². The maximum atomic E-state index is 13.3. The van der Waals surface area contributed by atoms with E-state index in [0.29, 0.717) is 43.3 Å². The molecule has 34 heavy (non-hydrogen) atoms. The van der Waals surface area contributed by atoms with Crippen LogP contribution in [0.3, 0.4) is 0 Å². The van der Waals surface area contributed by atoms with Crippen LogP contribution in [0.5, 0.6) is 0 Å². The minimum absolute atomic E-state index is 0.101. The summed E-state index contributed by atoms with van der Waals surface area (Å²) < 4.78 is 7.17. The van der Waals surface area contributed by atoms with Gasteiger partial charge in [-0.15, -0.1) is 0 Å². The van der Waals surface area contributed by atoms with Crippen molar-refractivity contribution in [3.05, 3.63) is 76.7 Å². The van der Waals surface area contributed by atoms with Crippen molar-refractivity contribution in [2.75, 3.05) is 39.4 Å². The Balaban J connectivity index is 1.60. The zero-order valence-electron chi connectivity index (χ0n) is 19.4. The molecule has 5 rings (SSSR count). The fourth-order valence-corrected chi connectivity index (χ4v) is 4.81. The Bertz CT molecular complexity index is 1270. The largest absolute Gasteiger partial charge is 0.505 e. The van der Waals surface area contributed by atoms with E-state index in [9.17, 15) is 14.7 Å². The lowest BCUT2D eigenvalue weighted by atomic mass is 9.95. The maximum absolute atomic E-state index is 13.3. The third-order valence-electron chi connectivity index (χ3n) is 6.62. The van der Waals surface area contributed by atoms with Gasteiger partial charge >= 0.3 is 0 Å². The molecule has 176 valence electrons. The lowest BCUT2D eigenvalue weighted by Crippen LogP contribution is -2.42. The number of Topliss-reactive ketones (excluding diaryl/α,β-unsaturated/α-hetero) is 1. The molecule has 0 radical (unpaired) electrons. The highest BCUT2D eigenvalue weighted by atomic mass is 16.5. The number of hydrogen-bond acceptors (Lipinski definition) is 6. The molecule has 2 aliphatic rings. The summed E-state index contributed by atoms with van der Waals surface area (Å²) in [4.78, 5) is 34.9. The van der Waals surface area contributed by atoms with Crippen molar-refractivity contribution in [1.82, 2.24) is 19.2 Å². The van der Waals surface area contributed by atoms with Gasteiger partial charge in [-0.3, -0.25) is 18.9 Å². The number of aryl methyl sites for hydroxylation is 2. The van der Waals surface area contributed by atoms with Crippen molar-refractivity contribution in [3.8, 4) is 0 Å². The molecule has 1 aromatic carbocycles. The molecule has 2 fully saturated rings. The van der Waals surface area contributed by atoms with Gasteiger partial charge in [-0.1, -0.05) is 35.9 Å². The predicted molar refractivity (Wildman–Crippen MR) is 127 cm³/mol. The zero-order chi connectivity index (χ0) is 23.8. The summed E-state index contributed by atoms with van der Waals surface area (Å²) in [6.07, 6.45) is 1.79. The van der Waals surface area contributed by atoms with Gasteiger partial charge in [0.1, 0.15) is 11.3 Å². The minimum atomic E-state index is -0.671. The topological polar surface area (TPSA) is 87.4 Å². The first kappa shape index (κ1) is 22.3. The number of pyridine rings is 1. The van der Waals surface area contributed by atoms with E-state index in [1.54, 1.807) is 22.4 Å². The Hall–Kier alpha value is -3.49. The van der Waals surface area contributed by atoms with Crippen LogP contribution in [0.4, 0.5) is 0 Å². The van der Waals surface area contributed by atoms with Crippen LogP contribution >= 0.6 is 0 Å². The number of aromatic nitrogens is 2. The monoisotopic (exact) mass is 460 g/mol. The van der Waals surface area contributed by atoms with E-state index in [4.69, 9.17) is 4.74 Å². The van der Waals surface area contributed by atoms with Gasteiger partial charge in [-0.05, 0) is 31.5 Å². The Morgan fingerprint density at radius 3 is 2.53 bits per heavy atom. The first-order valence-corrected chi connectivity index (χ1v) is 11.5. The number of ether oxygens (including phenoxy) is 1. The number of aliphatic hydroxyl groups excluding tert-OH is 1. The second kappa shape index (κ2) is 9.04. The normalized spacial score (nSPS) is 21.0. The molecular formula is C26H28N4O4. The molecular weight excluding hydrogens is 432 g/mol. The molecule has 0 saturated carbocycles. The molecule has 1 atom stereocenters. The number of benzene rings is 1. The van der Waals surface area contributed by atoms with Crippen molar-refractivity contribution in [2.24, 2.45) is 0 Å². The van der Waals surface area contributed by atoms with E-state index in [1.807, 2.05) is 49.4 Å². The predicted octanol–water partition coefficient (Wildman–Crippen LogP) is 2.71. The fourth-order valence-electron chi connectivity index (χ4n) is 4.81. The number of carbonyl (C=O) groups is 2. The van der Waals surface area contributed by atoms with Gasteiger partial charge in [0.25, 0.3) is 11.7 Å². The van der Waals surface area contributed by atoms with Crippen LogP contribution in [0.1, 0.15) is 28.6 Å². The first-order chi connectivity index (χ1) is 16.5. The van der Waals surface area contributed by atoms with Gasteiger partial charge in [-0.25, -0.2) is 4.98 Å².